The summed E-state index contributed by atoms with van der Waals surface area (Å²) in [6, 6.07) is 10.5. The van der Waals surface area contributed by atoms with E-state index in [-0.39, 0.29) is 19.4 Å². The molecule has 1 aromatic rings. The summed E-state index contributed by atoms with van der Waals surface area (Å²) >= 11 is 0. The molecule has 0 aromatic heterocycles. The monoisotopic (exact) mass is 350 g/mol. The zero-order chi connectivity index (χ0) is 18.0. The van der Waals surface area contributed by atoms with Gasteiger partial charge in [0.25, 0.3) is 10.0 Å². The number of nitrogens with zero attached hydrogens (tertiary/aromatic N) is 1. The van der Waals surface area contributed by atoms with Gasteiger partial charge in [-0.05, 0) is 25.0 Å². The summed E-state index contributed by atoms with van der Waals surface area (Å²) in [5, 5.41) is 9.43. The van der Waals surface area contributed by atoms with Crippen LogP contribution in [0.25, 0.3) is 6.08 Å². The smallest absolute Gasteiger partial charge is 0.318 e. The van der Waals surface area contributed by atoms with Crippen LogP contribution < -0.4 is 4.72 Å². The van der Waals surface area contributed by atoms with Gasteiger partial charge in [0, 0.05) is 6.42 Å². The van der Waals surface area contributed by atoms with Crippen LogP contribution >= 0.6 is 0 Å². The first-order chi connectivity index (χ1) is 11.4. The highest BCUT2D eigenvalue weighted by molar-refractivity contribution is 7.93. The lowest BCUT2D eigenvalue weighted by atomic mass is 10.0. The van der Waals surface area contributed by atoms with Crippen molar-refractivity contribution in [3.8, 4) is 6.07 Å². The molecule has 0 aliphatic carbocycles. The van der Waals surface area contributed by atoms with Gasteiger partial charge >= 0.3 is 5.97 Å². The van der Waals surface area contributed by atoms with Crippen molar-refractivity contribution < 1.29 is 22.7 Å². The van der Waals surface area contributed by atoms with Crippen molar-refractivity contribution >= 4 is 28.0 Å². The third-order valence-electron chi connectivity index (χ3n) is 2.91. The minimum atomic E-state index is -4.07. The van der Waals surface area contributed by atoms with Gasteiger partial charge in [-0.2, -0.15) is 5.26 Å². The maximum absolute atomic E-state index is 12.1. The molecule has 0 fully saturated rings. The summed E-state index contributed by atoms with van der Waals surface area (Å²) in [5.74, 6) is -3.21. The van der Waals surface area contributed by atoms with Gasteiger partial charge in [0.2, 0.25) is 5.91 Å². The number of rotatable bonds is 8. The summed E-state index contributed by atoms with van der Waals surface area (Å²) in [6.45, 7) is 1.62. The quantitative estimate of drug-likeness (QED) is 0.562. The standard InChI is InChI=1S/C16H18N2O5S/c1-2-23-16(20)14(9-6-11-17)15(19)18-24(21,22)12-10-13-7-4-3-5-8-13/h3-5,7-8,10,12,14H,2,6,9H2,1H3,(H,18,19). The average Bonchev–Trinajstić information content (AvgIpc) is 2.54. The van der Waals surface area contributed by atoms with Crippen molar-refractivity contribution in [3.05, 3.63) is 41.3 Å². The van der Waals surface area contributed by atoms with Crippen LogP contribution in [0.5, 0.6) is 0 Å². The Balaban J connectivity index is 2.82. The fourth-order valence-electron chi connectivity index (χ4n) is 1.79. The molecule has 0 bridgehead atoms. The summed E-state index contributed by atoms with van der Waals surface area (Å²) < 4.78 is 30.4. The number of nitrogens with one attached hydrogen (secondary N) is 1. The van der Waals surface area contributed by atoms with E-state index in [1.165, 1.54) is 6.08 Å². The molecule has 0 heterocycles. The zero-order valence-corrected chi connectivity index (χ0v) is 14.0. The number of amides is 1. The van der Waals surface area contributed by atoms with E-state index in [2.05, 4.69) is 0 Å². The summed E-state index contributed by atoms with van der Waals surface area (Å²) in [7, 11) is -4.07. The van der Waals surface area contributed by atoms with E-state index >= 15 is 0 Å². The SMILES string of the molecule is CCOC(=O)C(CCC#N)C(=O)NS(=O)(=O)C=Cc1ccccc1. The van der Waals surface area contributed by atoms with E-state index in [1.807, 2.05) is 10.8 Å². The van der Waals surface area contributed by atoms with Crippen LogP contribution in [0.2, 0.25) is 0 Å². The van der Waals surface area contributed by atoms with Crippen molar-refractivity contribution in [1.82, 2.24) is 4.72 Å². The maximum Gasteiger partial charge on any atom is 0.318 e. The predicted octanol–water partition coefficient (Wildman–Crippen LogP) is 1.59. The van der Waals surface area contributed by atoms with E-state index in [0.717, 1.165) is 5.41 Å². The minimum Gasteiger partial charge on any atom is -0.465 e. The summed E-state index contributed by atoms with van der Waals surface area (Å²) in [4.78, 5) is 23.8. The molecule has 0 saturated carbocycles. The Morgan fingerprint density at radius 2 is 2.00 bits per heavy atom. The van der Waals surface area contributed by atoms with Gasteiger partial charge in [-0.25, -0.2) is 13.1 Å². The number of sulfonamides is 1. The highest BCUT2D eigenvalue weighted by atomic mass is 32.2. The Kier molecular flexibility index (Phi) is 7.65. The normalized spacial score (nSPS) is 12.3. The molecule has 0 aliphatic rings. The highest BCUT2D eigenvalue weighted by Crippen LogP contribution is 2.11. The molecule has 0 radical (unpaired) electrons. The second-order valence-electron chi connectivity index (χ2n) is 4.73. The van der Waals surface area contributed by atoms with Crippen molar-refractivity contribution in [3.63, 3.8) is 0 Å². The molecule has 0 saturated heterocycles. The van der Waals surface area contributed by atoms with Gasteiger partial charge in [-0.3, -0.25) is 9.59 Å². The van der Waals surface area contributed by atoms with Crippen molar-refractivity contribution in [2.24, 2.45) is 5.92 Å². The van der Waals surface area contributed by atoms with Crippen molar-refractivity contribution in [2.45, 2.75) is 19.8 Å². The average molecular weight is 350 g/mol. The largest absolute Gasteiger partial charge is 0.465 e. The zero-order valence-electron chi connectivity index (χ0n) is 13.1. The fourth-order valence-corrected chi connectivity index (χ4v) is 2.61. The van der Waals surface area contributed by atoms with Crippen LogP contribution in [0.15, 0.2) is 35.7 Å². The molecule has 128 valence electrons. The molecule has 1 rings (SSSR count). The Bertz CT molecular complexity index is 735. The van der Waals surface area contributed by atoms with E-state index in [4.69, 9.17) is 10.00 Å². The minimum absolute atomic E-state index is 0.0514. The van der Waals surface area contributed by atoms with E-state index in [0.29, 0.717) is 5.56 Å². The molecule has 1 amide bonds. The maximum atomic E-state index is 12.1. The lowest BCUT2D eigenvalue weighted by Crippen LogP contribution is -2.39. The summed E-state index contributed by atoms with van der Waals surface area (Å²) in [5.41, 5.74) is 0.641. The molecule has 0 spiro atoms. The van der Waals surface area contributed by atoms with Crippen molar-refractivity contribution in [1.29, 1.82) is 5.26 Å². The number of ether oxygens (including phenoxy) is 1. The topological polar surface area (TPSA) is 113 Å². The first kappa shape index (κ1) is 19.4. The molecule has 8 heteroatoms. The number of benzene rings is 1. The fraction of sp³-hybridized carbons (Fsp3) is 0.312. The van der Waals surface area contributed by atoms with Crippen LogP contribution in [0.1, 0.15) is 25.3 Å². The van der Waals surface area contributed by atoms with Gasteiger partial charge in [0.15, 0.2) is 0 Å². The molecule has 24 heavy (non-hydrogen) atoms. The molecule has 1 unspecified atom stereocenters. The lowest BCUT2D eigenvalue weighted by Gasteiger charge is -2.13. The number of hydrogen-bond acceptors (Lipinski definition) is 6. The second kappa shape index (κ2) is 9.47. The Hall–Kier alpha value is -2.66. The number of esters is 1. The Morgan fingerprint density at radius 3 is 2.58 bits per heavy atom. The molecular formula is C16H18N2O5S. The molecule has 1 atom stereocenters. The molecular weight excluding hydrogens is 332 g/mol. The van der Waals surface area contributed by atoms with Gasteiger partial charge in [-0.15, -0.1) is 0 Å². The molecule has 7 nitrogen and oxygen atoms in total. The van der Waals surface area contributed by atoms with E-state index in [9.17, 15) is 18.0 Å². The first-order valence-electron chi connectivity index (χ1n) is 7.23. The summed E-state index contributed by atoms with van der Waals surface area (Å²) in [6.07, 6.45) is 1.14. The van der Waals surface area contributed by atoms with Crippen LogP contribution in [0.4, 0.5) is 0 Å². The Labute approximate surface area is 141 Å². The molecule has 1 aromatic carbocycles. The highest BCUT2D eigenvalue weighted by Gasteiger charge is 2.29. The van der Waals surface area contributed by atoms with Crippen LogP contribution in [-0.2, 0) is 24.3 Å². The number of nitriles is 1. The van der Waals surface area contributed by atoms with Gasteiger partial charge in [0.05, 0.1) is 18.1 Å². The predicted molar refractivity (Wildman–Crippen MR) is 87.5 cm³/mol. The van der Waals surface area contributed by atoms with Crippen LogP contribution in [0.3, 0.4) is 0 Å². The lowest BCUT2D eigenvalue weighted by molar-refractivity contribution is -0.151. The number of hydrogen-bond donors (Lipinski definition) is 1. The number of carbonyl (C=O) groups is 2. The third-order valence-corrected chi connectivity index (χ3v) is 3.89. The van der Waals surface area contributed by atoms with Crippen LogP contribution in [0, 0.1) is 17.2 Å². The van der Waals surface area contributed by atoms with Gasteiger partial charge < -0.3 is 4.74 Å². The van der Waals surface area contributed by atoms with Gasteiger partial charge in [0.1, 0.15) is 5.92 Å². The number of carbonyl (C=O) groups excluding carboxylic acids is 2. The first-order valence-corrected chi connectivity index (χ1v) is 8.77. The second-order valence-corrected chi connectivity index (χ2v) is 6.29. The van der Waals surface area contributed by atoms with E-state index < -0.39 is 27.8 Å². The van der Waals surface area contributed by atoms with E-state index in [1.54, 1.807) is 37.3 Å². The van der Waals surface area contributed by atoms with Crippen molar-refractivity contribution in [2.75, 3.05) is 6.61 Å². The third kappa shape index (κ3) is 6.62. The van der Waals surface area contributed by atoms with Crippen LogP contribution in [-0.4, -0.2) is 26.9 Å². The van der Waals surface area contributed by atoms with Gasteiger partial charge in [-0.1, -0.05) is 30.3 Å². The molecule has 1 N–H and O–H groups in total. The Morgan fingerprint density at radius 1 is 1.33 bits per heavy atom. The molecule has 0 aliphatic heterocycles.